The summed E-state index contributed by atoms with van der Waals surface area (Å²) in [6.45, 7) is 3.31. The molecule has 31 heavy (non-hydrogen) atoms. The molecule has 2 N–H and O–H groups in total. The second-order valence-corrected chi connectivity index (χ2v) is 8.12. The van der Waals surface area contributed by atoms with Crippen LogP contribution in [0.4, 0.5) is 17.3 Å². The van der Waals surface area contributed by atoms with E-state index < -0.39 is 5.97 Å². The zero-order valence-electron chi connectivity index (χ0n) is 16.6. The van der Waals surface area contributed by atoms with Gasteiger partial charge >= 0.3 is 5.97 Å². The summed E-state index contributed by atoms with van der Waals surface area (Å²) in [7, 11) is 0. The summed E-state index contributed by atoms with van der Waals surface area (Å²) in [6.07, 6.45) is 1.79. The van der Waals surface area contributed by atoms with Crippen molar-refractivity contribution >= 4 is 44.8 Å². The highest BCUT2D eigenvalue weighted by Gasteiger charge is 2.13. The molecule has 1 fully saturated rings. The van der Waals surface area contributed by atoms with E-state index in [9.17, 15) is 9.90 Å². The quantitative estimate of drug-likeness (QED) is 0.475. The Bertz CT molecular complexity index is 1230. The van der Waals surface area contributed by atoms with Crippen LogP contribution in [0, 0.1) is 0 Å². The Morgan fingerprint density at radius 2 is 1.94 bits per heavy atom. The number of aromatic carboxylic acids is 1. The van der Waals surface area contributed by atoms with Crippen LogP contribution in [0.3, 0.4) is 0 Å². The fourth-order valence-electron chi connectivity index (χ4n) is 3.62. The lowest BCUT2D eigenvalue weighted by molar-refractivity contribution is 0.0697. The number of thiophene rings is 1. The molecule has 0 spiro atoms. The molecule has 1 saturated heterocycles. The molecular formula is C23H20N4O3S. The average molecular weight is 433 g/mol. The Morgan fingerprint density at radius 3 is 2.71 bits per heavy atom. The minimum absolute atomic E-state index is 0.254. The molecule has 3 heterocycles. The average Bonchev–Trinajstić information content (AvgIpc) is 3.23. The van der Waals surface area contributed by atoms with Gasteiger partial charge in [0.2, 0.25) is 5.95 Å². The molecule has 0 saturated carbocycles. The van der Waals surface area contributed by atoms with E-state index in [-0.39, 0.29) is 5.56 Å². The van der Waals surface area contributed by atoms with Gasteiger partial charge in [-0.25, -0.2) is 14.8 Å². The maximum Gasteiger partial charge on any atom is 0.335 e. The molecule has 156 valence electrons. The number of nitrogens with one attached hydrogen (secondary N) is 1. The number of carboxylic acids is 1. The first kappa shape index (κ1) is 19.5. The fraction of sp³-hybridized carbons (Fsp3) is 0.174. The smallest absolute Gasteiger partial charge is 0.335 e. The Hall–Kier alpha value is -3.49. The van der Waals surface area contributed by atoms with Crippen LogP contribution in [0.25, 0.3) is 21.3 Å². The normalized spacial score (nSPS) is 14.0. The van der Waals surface area contributed by atoms with Crippen molar-refractivity contribution in [3.8, 4) is 11.1 Å². The molecule has 8 heteroatoms. The standard InChI is InChI=1S/C23H20N4O3S/c28-22(29)16-3-1-2-15(12-16)19-14-31-20-13-24-23(26-21(19)20)25-17-4-6-18(7-5-17)27-8-10-30-11-9-27/h1-7,12-14H,8-11H2,(H,28,29)(H,24,25,26). The van der Waals surface area contributed by atoms with E-state index in [0.717, 1.165) is 53.3 Å². The first-order valence-corrected chi connectivity index (χ1v) is 10.8. The Morgan fingerprint density at radius 1 is 1.13 bits per heavy atom. The number of rotatable bonds is 5. The van der Waals surface area contributed by atoms with Gasteiger partial charge in [-0.05, 0) is 42.0 Å². The van der Waals surface area contributed by atoms with Gasteiger partial charge in [0, 0.05) is 35.4 Å². The van der Waals surface area contributed by atoms with Gasteiger partial charge in [0.15, 0.2) is 0 Å². The van der Waals surface area contributed by atoms with Gasteiger partial charge in [-0.15, -0.1) is 11.3 Å². The Kier molecular flexibility index (Phi) is 5.23. The number of hydrogen-bond acceptors (Lipinski definition) is 7. The maximum atomic E-state index is 11.3. The SMILES string of the molecule is O=C(O)c1cccc(-c2csc3cnc(Nc4ccc(N5CCOCC5)cc4)nc23)c1. The van der Waals surface area contributed by atoms with Crippen LogP contribution in [0.1, 0.15) is 10.4 Å². The monoisotopic (exact) mass is 432 g/mol. The molecule has 0 amide bonds. The third-order valence-electron chi connectivity index (χ3n) is 5.23. The van der Waals surface area contributed by atoms with E-state index in [2.05, 4.69) is 27.3 Å². The number of morpholine rings is 1. The van der Waals surface area contributed by atoms with Crippen LogP contribution in [0.2, 0.25) is 0 Å². The summed E-state index contributed by atoms with van der Waals surface area (Å²) in [5.41, 5.74) is 4.85. The first-order chi connectivity index (χ1) is 15.2. The number of carbonyl (C=O) groups is 1. The van der Waals surface area contributed by atoms with Crippen molar-refractivity contribution < 1.29 is 14.6 Å². The van der Waals surface area contributed by atoms with E-state index in [4.69, 9.17) is 9.72 Å². The summed E-state index contributed by atoms with van der Waals surface area (Å²) in [4.78, 5) is 22.8. The zero-order chi connectivity index (χ0) is 21.2. The highest BCUT2D eigenvalue weighted by atomic mass is 32.1. The number of aromatic nitrogens is 2. The van der Waals surface area contributed by atoms with Crippen LogP contribution in [-0.2, 0) is 4.74 Å². The number of ether oxygens (including phenoxy) is 1. The molecule has 4 aromatic rings. The first-order valence-electron chi connectivity index (χ1n) is 9.95. The van der Waals surface area contributed by atoms with Crippen LogP contribution in [0.15, 0.2) is 60.1 Å². The lowest BCUT2D eigenvalue weighted by atomic mass is 10.1. The molecule has 0 unspecified atom stereocenters. The molecule has 0 atom stereocenters. The zero-order valence-corrected chi connectivity index (χ0v) is 17.4. The molecule has 7 nitrogen and oxygen atoms in total. The van der Waals surface area contributed by atoms with Crippen LogP contribution in [-0.4, -0.2) is 47.3 Å². The molecule has 5 rings (SSSR count). The minimum atomic E-state index is -0.945. The third kappa shape index (κ3) is 4.08. The van der Waals surface area contributed by atoms with Gasteiger partial charge in [0.1, 0.15) is 0 Å². The molecule has 0 aliphatic carbocycles. The second-order valence-electron chi connectivity index (χ2n) is 7.21. The van der Waals surface area contributed by atoms with Crippen LogP contribution in [0.5, 0.6) is 0 Å². The Balaban J connectivity index is 1.40. The molecule has 0 bridgehead atoms. The van der Waals surface area contributed by atoms with Gasteiger partial charge in [-0.1, -0.05) is 12.1 Å². The van der Waals surface area contributed by atoms with Crippen molar-refractivity contribution in [2.45, 2.75) is 0 Å². The molecule has 1 aliphatic heterocycles. The van der Waals surface area contributed by atoms with Crippen LogP contribution < -0.4 is 10.2 Å². The predicted octanol–water partition coefficient (Wildman–Crippen LogP) is 4.64. The summed E-state index contributed by atoms with van der Waals surface area (Å²) in [5.74, 6) is -0.445. The Labute approximate surface area is 183 Å². The van der Waals surface area contributed by atoms with E-state index in [1.165, 1.54) is 17.0 Å². The van der Waals surface area contributed by atoms with Crippen LogP contribution >= 0.6 is 11.3 Å². The molecule has 1 aliphatic rings. The van der Waals surface area contributed by atoms with E-state index in [1.807, 2.05) is 23.6 Å². The largest absolute Gasteiger partial charge is 0.478 e. The van der Waals surface area contributed by atoms with Gasteiger partial charge in [0.25, 0.3) is 0 Å². The summed E-state index contributed by atoms with van der Waals surface area (Å²) in [6, 6.07) is 15.1. The van der Waals surface area contributed by atoms with Crippen molar-refractivity contribution in [3.63, 3.8) is 0 Å². The highest BCUT2D eigenvalue weighted by molar-refractivity contribution is 7.17. The number of carboxylic acid groups (broad SMARTS) is 1. The molecular weight excluding hydrogens is 412 g/mol. The van der Waals surface area contributed by atoms with Crippen molar-refractivity contribution in [2.75, 3.05) is 36.5 Å². The summed E-state index contributed by atoms with van der Waals surface area (Å²) >= 11 is 1.54. The number of nitrogens with zero attached hydrogens (tertiary/aromatic N) is 3. The van der Waals surface area contributed by atoms with Gasteiger partial charge in [0.05, 0.1) is 35.2 Å². The molecule has 0 radical (unpaired) electrons. The topological polar surface area (TPSA) is 87.6 Å². The van der Waals surface area contributed by atoms with Gasteiger partial charge < -0.3 is 20.1 Å². The van der Waals surface area contributed by atoms with E-state index in [0.29, 0.717) is 5.95 Å². The van der Waals surface area contributed by atoms with Crippen molar-refractivity contribution in [1.82, 2.24) is 9.97 Å². The third-order valence-corrected chi connectivity index (χ3v) is 6.14. The summed E-state index contributed by atoms with van der Waals surface area (Å²) in [5, 5.41) is 14.5. The van der Waals surface area contributed by atoms with E-state index >= 15 is 0 Å². The molecule has 2 aromatic heterocycles. The second kappa shape index (κ2) is 8.33. The fourth-order valence-corrected chi connectivity index (χ4v) is 4.49. The number of benzene rings is 2. The predicted molar refractivity (Wildman–Crippen MR) is 123 cm³/mol. The maximum absolute atomic E-state index is 11.3. The number of fused-ring (bicyclic) bond motifs is 1. The van der Waals surface area contributed by atoms with Gasteiger partial charge in [-0.3, -0.25) is 0 Å². The lowest BCUT2D eigenvalue weighted by Crippen LogP contribution is -2.36. The van der Waals surface area contributed by atoms with Crippen molar-refractivity contribution in [3.05, 3.63) is 65.7 Å². The molecule has 2 aromatic carbocycles. The highest BCUT2D eigenvalue weighted by Crippen LogP contribution is 2.33. The number of anilines is 3. The summed E-state index contributed by atoms with van der Waals surface area (Å²) < 4.78 is 6.36. The van der Waals surface area contributed by atoms with E-state index in [1.54, 1.807) is 24.4 Å². The van der Waals surface area contributed by atoms with Crippen molar-refractivity contribution in [1.29, 1.82) is 0 Å². The van der Waals surface area contributed by atoms with Gasteiger partial charge in [-0.2, -0.15) is 0 Å². The van der Waals surface area contributed by atoms with Crippen molar-refractivity contribution in [2.24, 2.45) is 0 Å². The number of hydrogen-bond donors (Lipinski definition) is 2. The minimum Gasteiger partial charge on any atom is -0.478 e. The lowest BCUT2D eigenvalue weighted by Gasteiger charge is -2.28.